The number of carbonyl (C=O) groups excluding carboxylic acids is 1. The first-order chi connectivity index (χ1) is 13.0. The number of hydrogen-bond donors (Lipinski definition) is 0. The maximum Gasteiger partial charge on any atom is 0.409 e. The Labute approximate surface area is 159 Å². The molecule has 146 valence electrons. The fourth-order valence-corrected chi connectivity index (χ4v) is 4.25. The molecule has 0 bridgehead atoms. The molecule has 1 atom stereocenters. The quantitative estimate of drug-likeness (QED) is 0.807. The number of hydrogen-bond acceptors (Lipinski definition) is 5. The molecule has 27 heavy (non-hydrogen) atoms. The van der Waals surface area contributed by atoms with Crippen molar-refractivity contribution in [2.45, 2.75) is 51.6 Å². The van der Waals surface area contributed by atoms with Gasteiger partial charge in [0.25, 0.3) is 0 Å². The van der Waals surface area contributed by atoms with E-state index >= 15 is 0 Å². The molecule has 1 saturated carbocycles. The molecule has 7 heteroatoms. The summed E-state index contributed by atoms with van der Waals surface area (Å²) in [5, 5.41) is 4.91. The van der Waals surface area contributed by atoms with Crippen molar-refractivity contribution in [1.29, 1.82) is 0 Å². The zero-order valence-corrected chi connectivity index (χ0v) is 16.4. The van der Waals surface area contributed by atoms with Gasteiger partial charge < -0.3 is 14.4 Å². The molecule has 1 amide bonds. The number of ether oxygens (including phenoxy) is 2. The Morgan fingerprint density at radius 3 is 2.78 bits per heavy atom. The smallest absolute Gasteiger partial charge is 0.409 e. The SMILES string of the molecule is COC(=O)N1CCO[C@@H](c2cc(C)nc3cc([C@H]4CC[C@H](C)CC4)nn23)C1. The number of rotatable bonds is 2. The van der Waals surface area contributed by atoms with Crippen molar-refractivity contribution in [2.24, 2.45) is 5.92 Å². The highest BCUT2D eigenvalue weighted by Gasteiger charge is 2.29. The number of aromatic nitrogens is 3. The maximum absolute atomic E-state index is 11.9. The van der Waals surface area contributed by atoms with Crippen LogP contribution in [-0.2, 0) is 9.47 Å². The summed E-state index contributed by atoms with van der Waals surface area (Å²) in [5.74, 6) is 1.32. The van der Waals surface area contributed by atoms with Crippen LogP contribution in [0.25, 0.3) is 5.65 Å². The molecular weight excluding hydrogens is 344 g/mol. The molecule has 2 aliphatic rings. The molecule has 0 aromatic carbocycles. The molecule has 0 radical (unpaired) electrons. The van der Waals surface area contributed by atoms with Crippen molar-refractivity contribution < 1.29 is 14.3 Å². The van der Waals surface area contributed by atoms with Gasteiger partial charge in [0.2, 0.25) is 0 Å². The second-order valence-corrected chi connectivity index (χ2v) is 7.89. The predicted octanol–water partition coefficient (Wildman–Crippen LogP) is 3.47. The molecule has 0 N–H and O–H groups in total. The molecule has 2 aromatic heterocycles. The van der Waals surface area contributed by atoms with Gasteiger partial charge in [-0.15, -0.1) is 0 Å². The molecule has 0 unspecified atom stereocenters. The van der Waals surface area contributed by atoms with Gasteiger partial charge in [0.05, 0.1) is 31.6 Å². The fraction of sp³-hybridized carbons (Fsp3) is 0.650. The minimum atomic E-state index is -0.317. The lowest BCUT2D eigenvalue weighted by Crippen LogP contribution is -2.42. The third-order valence-electron chi connectivity index (χ3n) is 5.86. The first kappa shape index (κ1) is 18.2. The van der Waals surface area contributed by atoms with Crippen LogP contribution in [0.3, 0.4) is 0 Å². The van der Waals surface area contributed by atoms with E-state index in [-0.39, 0.29) is 12.2 Å². The molecule has 1 aliphatic carbocycles. The molecule has 7 nitrogen and oxygen atoms in total. The van der Waals surface area contributed by atoms with Crippen molar-refractivity contribution in [3.8, 4) is 0 Å². The van der Waals surface area contributed by atoms with E-state index < -0.39 is 0 Å². The predicted molar refractivity (Wildman–Crippen MR) is 101 cm³/mol. The number of aryl methyl sites for hydroxylation is 1. The Hall–Kier alpha value is -2.15. The van der Waals surface area contributed by atoms with Gasteiger partial charge in [-0.2, -0.15) is 5.10 Å². The summed E-state index contributed by atoms with van der Waals surface area (Å²) in [5.41, 5.74) is 3.86. The van der Waals surface area contributed by atoms with Crippen LogP contribution in [0.5, 0.6) is 0 Å². The number of morpholine rings is 1. The third-order valence-corrected chi connectivity index (χ3v) is 5.86. The van der Waals surface area contributed by atoms with Crippen LogP contribution in [0.4, 0.5) is 4.79 Å². The van der Waals surface area contributed by atoms with Gasteiger partial charge in [0.15, 0.2) is 5.65 Å². The molecule has 2 aromatic rings. The van der Waals surface area contributed by atoms with Gasteiger partial charge in [-0.3, -0.25) is 0 Å². The summed E-state index contributed by atoms with van der Waals surface area (Å²) in [4.78, 5) is 18.3. The van der Waals surface area contributed by atoms with Crippen LogP contribution in [0.1, 0.15) is 61.7 Å². The van der Waals surface area contributed by atoms with Crippen LogP contribution >= 0.6 is 0 Å². The molecular formula is C20H28N4O3. The topological polar surface area (TPSA) is 69.0 Å². The Bertz CT molecular complexity index is 826. The van der Waals surface area contributed by atoms with Crippen molar-refractivity contribution in [3.05, 3.63) is 29.2 Å². The number of methoxy groups -OCH3 is 1. The van der Waals surface area contributed by atoms with Gasteiger partial charge >= 0.3 is 6.09 Å². The molecule has 1 saturated heterocycles. The number of carbonyl (C=O) groups is 1. The molecule has 1 aliphatic heterocycles. The van der Waals surface area contributed by atoms with Gasteiger partial charge in [-0.25, -0.2) is 14.3 Å². The Morgan fingerprint density at radius 2 is 2.04 bits per heavy atom. The summed E-state index contributed by atoms with van der Waals surface area (Å²) in [6, 6.07) is 4.14. The summed E-state index contributed by atoms with van der Waals surface area (Å²) >= 11 is 0. The molecule has 0 spiro atoms. The minimum absolute atomic E-state index is 0.235. The van der Waals surface area contributed by atoms with Crippen LogP contribution in [0.2, 0.25) is 0 Å². The number of nitrogens with zero attached hydrogens (tertiary/aromatic N) is 4. The number of fused-ring (bicyclic) bond motifs is 1. The van der Waals surface area contributed by atoms with E-state index in [1.807, 2.05) is 17.5 Å². The van der Waals surface area contributed by atoms with Gasteiger partial charge in [0, 0.05) is 24.2 Å². The largest absolute Gasteiger partial charge is 0.453 e. The third kappa shape index (κ3) is 3.65. The summed E-state index contributed by atoms with van der Waals surface area (Å²) in [6.45, 7) is 5.80. The lowest BCUT2D eigenvalue weighted by Gasteiger charge is -2.32. The van der Waals surface area contributed by atoms with E-state index in [4.69, 9.17) is 14.6 Å². The molecule has 4 rings (SSSR count). The Kier molecular flexibility index (Phi) is 5.04. The zero-order valence-electron chi connectivity index (χ0n) is 16.4. The minimum Gasteiger partial charge on any atom is -0.453 e. The van der Waals surface area contributed by atoms with Crippen LogP contribution in [0.15, 0.2) is 12.1 Å². The highest BCUT2D eigenvalue weighted by atomic mass is 16.5. The summed E-state index contributed by atoms with van der Waals surface area (Å²) in [6.07, 6.45) is 4.35. The molecule has 3 heterocycles. The van der Waals surface area contributed by atoms with Gasteiger partial charge in [0.1, 0.15) is 6.10 Å². The first-order valence-electron chi connectivity index (χ1n) is 9.87. The highest BCUT2D eigenvalue weighted by molar-refractivity contribution is 5.67. The second-order valence-electron chi connectivity index (χ2n) is 7.89. The monoisotopic (exact) mass is 372 g/mol. The van der Waals surface area contributed by atoms with Crippen molar-refractivity contribution in [2.75, 3.05) is 26.8 Å². The Balaban J connectivity index is 1.65. The fourth-order valence-electron chi connectivity index (χ4n) is 4.25. The average Bonchev–Trinajstić information content (AvgIpc) is 3.11. The van der Waals surface area contributed by atoms with E-state index in [0.29, 0.717) is 25.6 Å². The van der Waals surface area contributed by atoms with Crippen LogP contribution in [-0.4, -0.2) is 52.4 Å². The second kappa shape index (κ2) is 7.46. The van der Waals surface area contributed by atoms with E-state index in [9.17, 15) is 4.79 Å². The zero-order chi connectivity index (χ0) is 19.0. The van der Waals surface area contributed by atoms with E-state index in [1.54, 1.807) is 4.90 Å². The standard InChI is InChI=1S/C20H28N4O3/c1-13-4-6-15(7-5-13)16-11-19-21-14(2)10-17(24(19)22-16)18-12-23(8-9-27-18)20(25)26-3/h10-11,13,15,18H,4-9,12H2,1-3H3/t13-,15-,18-/m1/s1. The van der Waals surface area contributed by atoms with E-state index in [1.165, 1.54) is 32.8 Å². The van der Waals surface area contributed by atoms with E-state index in [2.05, 4.69) is 18.0 Å². The van der Waals surface area contributed by atoms with Gasteiger partial charge in [-0.05, 0) is 31.7 Å². The molecule has 2 fully saturated rings. The van der Waals surface area contributed by atoms with Crippen molar-refractivity contribution >= 4 is 11.7 Å². The van der Waals surface area contributed by atoms with Crippen molar-refractivity contribution in [1.82, 2.24) is 19.5 Å². The Morgan fingerprint density at radius 1 is 1.26 bits per heavy atom. The van der Waals surface area contributed by atoms with Crippen LogP contribution in [0, 0.1) is 12.8 Å². The van der Waals surface area contributed by atoms with Crippen molar-refractivity contribution in [3.63, 3.8) is 0 Å². The van der Waals surface area contributed by atoms with Crippen LogP contribution < -0.4 is 0 Å². The van der Waals surface area contributed by atoms with E-state index in [0.717, 1.165) is 28.6 Å². The number of amides is 1. The first-order valence-corrected chi connectivity index (χ1v) is 9.87. The summed E-state index contributed by atoms with van der Waals surface area (Å²) in [7, 11) is 1.41. The lowest BCUT2D eigenvalue weighted by atomic mass is 9.81. The lowest BCUT2D eigenvalue weighted by molar-refractivity contribution is -0.0287. The maximum atomic E-state index is 11.9. The normalized spacial score (nSPS) is 26.3. The highest BCUT2D eigenvalue weighted by Crippen LogP contribution is 2.35. The van der Waals surface area contributed by atoms with Gasteiger partial charge in [-0.1, -0.05) is 19.8 Å². The average molecular weight is 372 g/mol. The summed E-state index contributed by atoms with van der Waals surface area (Å²) < 4.78 is 12.8.